The second-order valence-corrected chi connectivity index (χ2v) is 5.07. The molecular formula is C17H29NO. The van der Waals surface area contributed by atoms with E-state index in [1.807, 2.05) is 0 Å². The SMILES string of the molecule is CCCCC(NCCC)c1cccc(OCCC)c1. The van der Waals surface area contributed by atoms with Gasteiger partial charge < -0.3 is 10.1 Å². The van der Waals surface area contributed by atoms with Gasteiger partial charge in [0.25, 0.3) is 0 Å². The Bertz CT molecular complexity index is 330. The van der Waals surface area contributed by atoms with E-state index in [0.717, 1.165) is 25.3 Å². The van der Waals surface area contributed by atoms with Crippen LogP contribution in [0.4, 0.5) is 0 Å². The molecule has 0 amide bonds. The minimum atomic E-state index is 0.463. The van der Waals surface area contributed by atoms with E-state index >= 15 is 0 Å². The first-order valence-corrected chi connectivity index (χ1v) is 7.77. The Morgan fingerprint density at radius 3 is 2.63 bits per heavy atom. The lowest BCUT2D eigenvalue weighted by Gasteiger charge is -2.19. The number of hydrogen-bond donors (Lipinski definition) is 1. The van der Waals surface area contributed by atoms with Crippen LogP contribution in [0.5, 0.6) is 5.75 Å². The molecule has 0 bridgehead atoms. The van der Waals surface area contributed by atoms with Crippen LogP contribution in [0.15, 0.2) is 24.3 Å². The van der Waals surface area contributed by atoms with E-state index in [0.29, 0.717) is 6.04 Å². The van der Waals surface area contributed by atoms with Gasteiger partial charge in [-0.3, -0.25) is 0 Å². The van der Waals surface area contributed by atoms with Crippen LogP contribution in [-0.2, 0) is 0 Å². The highest BCUT2D eigenvalue weighted by Gasteiger charge is 2.10. The number of nitrogens with one attached hydrogen (secondary N) is 1. The molecule has 0 spiro atoms. The third kappa shape index (κ3) is 6.11. The normalized spacial score (nSPS) is 12.4. The highest BCUT2D eigenvalue weighted by molar-refractivity contribution is 5.30. The van der Waals surface area contributed by atoms with Crippen LogP contribution in [0.1, 0.15) is 64.5 Å². The molecule has 0 aliphatic heterocycles. The van der Waals surface area contributed by atoms with Gasteiger partial charge in [-0.25, -0.2) is 0 Å². The maximum Gasteiger partial charge on any atom is 0.119 e. The third-order valence-corrected chi connectivity index (χ3v) is 3.22. The summed E-state index contributed by atoms with van der Waals surface area (Å²) in [4.78, 5) is 0. The monoisotopic (exact) mass is 263 g/mol. The van der Waals surface area contributed by atoms with Crippen molar-refractivity contribution in [3.8, 4) is 5.75 Å². The van der Waals surface area contributed by atoms with Gasteiger partial charge in [-0.2, -0.15) is 0 Å². The summed E-state index contributed by atoms with van der Waals surface area (Å²) in [7, 11) is 0. The fraction of sp³-hybridized carbons (Fsp3) is 0.647. The highest BCUT2D eigenvalue weighted by atomic mass is 16.5. The van der Waals surface area contributed by atoms with Crippen molar-refractivity contribution in [1.29, 1.82) is 0 Å². The summed E-state index contributed by atoms with van der Waals surface area (Å²) in [5.74, 6) is 0.999. The molecule has 1 unspecified atom stereocenters. The lowest BCUT2D eigenvalue weighted by molar-refractivity contribution is 0.316. The van der Waals surface area contributed by atoms with Gasteiger partial charge in [0.1, 0.15) is 5.75 Å². The zero-order valence-corrected chi connectivity index (χ0v) is 12.7. The summed E-state index contributed by atoms with van der Waals surface area (Å²) in [6.45, 7) is 8.47. The van der Waals surface area contributed by atoms with Gasteiger partial charge in [0, 0.05) is 6.04 Å². The zero-order chi connectivity index (χ0) is 13.9. The van der Waals surface area contributed by atoms with E-state index in [4.69, 9.17) is 4.74 Å². The lowest BCUT2D eigenvalue weighted by atomic mass is 10.0. The summed E-state index contributed by atoms with van der Waals surface area (Å²) < 4.78 is 5.73. The Kier molecular flexibility index (Phi) is 8.31. The molecule has 0 heterocycles. The first-order valence-electron chi connectivity index (χ1n) is 7.77. The molecule has 0 saturated heterocycles. The number of rotatable bonds is 10. The molecule has 0 aliphatic carbocycles. The maximum atomic E-state index is 5.73. The molecular weight excluding hydrogens is 234 g/mol. The molecule has 19 heavy (non-hydrogen) atoms. The summed E-state index contributed by atoms with van der Waals surface area (Å²) in [6, 6.07) is 9.02. The van der Waals surface area contributed by atoms with Crippen molar-refractivity contribution < 1.29 is 4.74 Å². The van der Waals surface area contributed by atoms with Crippen molar-refractivity contribution in [1.82, 2.24) is 5.32 Å². The molecule has 0 radical (unpaired) electrons. The summed E-state index contributed by atoms with van der Waals surface area (Å²) in [6.07, 6.45) is 5.94. The average Bonchev–Trinajstić information content (AvgIpc) is 2.45. The van der Waals surface area contributed by atoms with Gasteiger partial charge >= 0.3 is 0 Å². The van der Waals surface area contributed by atoms with Gasteiger partial charge in [-0.05, 0) is 43.5 Å². The van der Waals surface area contributed by atoms with Gasteiger partial charge in [0.15, 0.2) is 0 Å². The van der Waals surface area contributed by atoms with Gasteiger partial charge in [0.2, 0.25) is 0 Å². The Morgan fingerprint density at radius 1 is 1.11 bits per heavy atom. The molecule has 1 atom stereocenters. The Labute approximate surface area is 118 Å². The zero-order valence-electron chi connectivity index (χ0n) is 12.7. The molecule has 0 saturated carbocycles. The van der Waals surface area contributed by atoms with Crippen LogP contribution in [-0.4, -0.2) is 13.2 Å². The topological polar surface area (TPSA) is 21.3 Å². The van der Waals surface area contributed by atoms with Crippen molar-refractivity contribution in [3.05, 3.63) is 29.8 Å². The quantitative estimate of drug-likeness (QED) is 0.660. The molecule has 0 aromatic heterocycles. The van der Waals surface area contributed by atoms with Crippen molar-refractivity contribution in [2.75, 3.05) is 13.2 Å². The van der Waals surface area contributed by atoms with Gasteiger partial charge in [0.05, 0.1) is 6.61 Å². The Morgan fingerprint density at radius 2 is 1.95 bits per heavy atom. The average molecular weight is 263 g/mol. The molecule has 2 nitrogen and oxygen atoms in total. The Balaban J connectivity index is 2.69. The van der Waals surface area contributed by atoms with Crippen molar-refractivity contribution in [2.24, 2.45) is 0 Å². The van der Waals surface area contributed by atoms with Gasteiger partial charge in [-0.15, -0.1) is 0 Å². The molecule has 1 N–H and O–H groups in total. The minimum absolute atomic E-state index is 0.463. The summed E-state index contributed by atoms with van der Waals surface area (Å²) >= 11 is 0. The number of benzene rings is 1. The molecule has 1 rings (SSSR count). The van der Waals surface area contributed by atoms with Crippen LogP contribution in [0.2, 0.25) is 0 Å². The van der Waals surface area contributed by atoms with E-state index in [-0.39, 0.29) is 0 Å². The molecule has 108 valence electrons. The van der Waals surface area contributed by atoms with E-state index in [2.05, 4.69) is 50.4 Å². The van der Waals surface area contributed by atoms with E-state index < -0.39 is 0 Å². The third-order valence-electron chi connectivity index (χ3n) is 3.22. The van der Waals surface area contributed by atoms with Crippen LogP contribution < -0.4 is 10.1 Å². The molecule has 1 aromatic rings. The van der Waals surface area contributed by atoms with E-state index in [1.165, 1.54) is 31.2 Å². The van der Waals surface area contributed by atoms with Crippen molar-refractivity contribution >= 4 is 0 Å². The summed E-state index contributed by atoms with van der Waals surface area (Å²) in [5, 5.41) is 3.65. The smallest absolute Gasteiger partial charge is 0.119 e. The van der Waals surface area contributed by atoms with Crippen LogP contribution in [0.3, 0.4) is 0 Å². The second-order valence-electron chi connectivity index (χ2n) is 5.07. The lowest BCUT2D eigenvalue weighted by Crippen LogP contribution is -2.22. The minimum Gasteiger partial charge on any atom is -0.494 e. The largest absolute Gasteiger partial charge is 0.494 e. The second kappa shape index (κ2) is 9.85. The molecule has 2 heteroatoms. The fourth-order valence-electron chi connectivity index (χ4n) is 2.15. The van der Waals surface area contributed by atoms with Crippen LogP contribution in [0, 0.1) is 0 Å². The highest BCUT2D eigenvalue weighted by Crippen LogP contribution is 2.23. The number of hydrogen-bond acceptors (Lipinski definition) is 2. The van der Waals surface area contributed by atoms with Crippen molar-refractivity contribution in [3.63, 3.8) is 0 Å². The molecule has 0 aliphatic rings. The number of ether oxygens (including phenoxy) is 1. The fourth-order valence-corrected chi connectivity index (χ4v) is 2.15. The molecule has 1 aromatic carbocycles. The van der Waals surface area contributed by atoms with Crippen LogP contribution >= 0.6 is 0 Å². The predicted octanol–water partition coefficient (Wildman–Crippen LogP) is 4.71. The first kappa shape index (κ1) is 16.0. The summed E-state index contributed by atoms with van der Waals surface area (Å²) in [5.41, 5.74) is 1.36. The van der Waals surface area contributed by atoms with Crippen molar-refractivity contribution in [2.45, 2.75) is 58.9 Å². The number of unbranched alkanes of at least 4 members (excludes halogenated alkanes) is 1. The standard InChI is InChI=1S/C17H29NO/c1-4-7-11-17(18-12-5-2)15-9-8-10-16(14-15)19-13-6-3/h8-10,14,17-18H,4-7,11-13H2,1-3H3. The molecule has 0 fully saturated rings. The first-order chi connectivity index (χ1) is 9.31. The van der Waals surface area contributed by atoms with Gasteiger partial charge in [-0.1, -0.05) is 45.7 Å². The maximum absolute atomic E-state index is 5.73. The van der Waals surface area contributed by atoms with E-state index in [1.54, 1.807) is 0 Å². The Hall–Kier alpha value is -1.02. The van der Waals surface area contributed by atoms with E-state index in [9.17, 15) is 0 Å². The van der Waals surface area contributed by atoms with Crippen LogP contribution in [0.25, 0.3) is 0 Å². The predicted molar refractivity (Wildman–Crippen MR) is 82.8 cm³/mol.